The Morgan fingerprint density at radius 1 is 1.33 bits per heavy atom. The van der Waals surface area contributed by atoms with E-state index < -0.39 is 21.1 Å². The van der Waals surface area contributed by atoms with Crippen molar-refractivity contribution in [3.63, 3.8) is 0 Å². The van der Waals surface area contributed by atoms with Gasteiger partial charge < -0.3 is 9.47 Å². The van der Waals surface area contributed by atoms with Crippen LogP contribution >= 0.6 is 0 Å². The highest BCUT2D eigenvalue weighted by molar-refractivity contribution is 7.92. The number of esters is 1. The quantitative estimate of drug-likeness (QED) is 0.767. The summed E-state index contributed by atoms with van der Waals surface area (Å²) in [7, 11) is -2.08. The smallest absolute Gasteiger partial charge is 0.337 e. The van der Waals surface area contributed by atoms with Crippen LogP contribution in [0.5, 0.6) is 0 Å². The van der Waals surface area contributed by atoms with E-state index in [1.165, 1.54) is 31.4 Å². The van der Waals surface area contributed by atoms with Gasteiger partial charge in [0.05, 0.1) is 29.4 Å². The number of sulfone groups is 1. The van der Waals surface area contributed by atoms with Crippen LogP contribution in [-0.2, 0) is 19.3 Å². The summed E-state index contributed by atoms with van der Waals surface area (Å²) in [5, 5.41) is -0.485. The second kappa shape index (κ2) is 5.07. The predicted molar refractivity (Wildman–Crippen MR) is 64.2 cm³/mol. The highest BCUT2D eigenvalue weighted by Gasteiger charge is 2.31. The molecule has 1 saturated heterocycles. The van der Waals surface area contributed by atoms with Crippen LogP contribution in [0.3, 0.4) is 0 Å². The van der Waals surface area contributed by atoms with Gasteiger partial charge in [-0.1, -0.05) is 0 Å². The van der Waals surface area contributed by atoms with Gasteiger partial charge in [-0.15, -0.1) is 0 Å². The lowest BCUT2D eigenvalue weighted by Crippen LogP contribution is -2.21. The molecule has 18 heavy (non-hydrogen) atoms. The number of hydrogen-bond donors (Lipinski definition) is 0. The molecule has 1 heterocycles. The van der Waals surface area contributed by atoms with Crippen molar-refractivity contribution in [2.24, 2.45) is 0 Å². The van der Waals surface area contributed by atoms with Crippen LogP contribution in [0.15, 0.2) is 29.2 Å². The molecule has 5 nitrogen and oxygen atoms in total. The van der Waals surface area contributed by atoms with Gasteiger partial charge in [0.2, 0.25) is 0 Å². The molecule has 0 bridgehead atoms. The lowest BCUT2D eigenvalue weighted by atomic mass is 10.2. The minimum absolute atomic E-state index is 0.214. The molecule has 1 aromatic carbocycles. The fourth-order valence-corrected chi connectivity index (χ4v) is 3.43. The number of ether oxygens (including phenoxy) is 2. The first-order chi connectivity index (χ1) is 8.55. The first-order valence-corrected chi connectivity index (χ1v) is 7.10. The molecule has 1 fully saturated rings. The molecule has 6 heteroatoms. The first kappa shape index (κ1) is 13.0. The minimum atomic E-state index is -3.37. The van der Waals surface area contributed by atoms with E-state index in [0.717, 1.165) is 0 Å². The molecular formula is C12H14O5S. The molecule has 1 aliphatic heterocycles. The standard InChI is InChI=1S/C12H14O5S/c1-16-12(13)9-2-4-10(5-3-9)18(14,15)11-6-7-17-8-11/h2-5,11H,6-8H2,1H3. The van der Waals surface area contributed by atoms with Crippen molar-refractivity contribution in [2.75, 3.05) is 20.3 Å². The number of hydrogen-bond acceptors (Lipinski definition) is 5. The Balaban J connectivity index is 2.26. The van der Waals surface area contributed by atoms with E-state index in [4.69, 9.17) is 4.74 Å². The van der Waals surface area contributed by atoms with Gasteiger partial charge in [0.25, 0.3) is 0 Å². The van der Waals surface area contributed by atoms with Gasteiger partial charge in [0.1, 0.15) is 0 Å². The first-order valence-electron chi connectivity index (χ1n) is 5.55. The van der Waals surface area contributed by atoms with Gasteiger partial charge in [-0.05, 0) is 30.7 Å². The summed E-state index contributed by atoms with van der Waals surface area (Å²) < 4.78 is 34.0. The molecule has 0 amide bonds. The average Bonchev–Trinajstić information content (AvgIpc) is 2.92. The maximum Gasteiger partial charge on any atom is 0.337 e. The van der Waals surface area contributed by atoms with Crippen molar-refractivity contribution in [1.82, 2.24) is 0 Å². The maximum atomic E-state index is 12.2. The fourth-order valence-electron chi connectivity index (χ4n) is 1.85. The molecule has 1 aliphatic rings. The summed E-state index contributed by atoms with van der Waals surface area (Å²) in [5.41, 5.74) is 0.333. The van der Waals surface area contributed by atoms with E-state index in [1.54, 1.807) is 0 Å². The summed E-state index contributed by atoms with van der Waals surface area (Å²) in [5.74, 6) is -0.483. The molecule has 0 radical (unpaired) electrons. The SMILES string of the molecule is COC(=O)c1ccc(S(=O)(=O)C2CCOC2)cc1. The second-order valence-corrected chi connectivity index (χ2v) is 6.27. The van der Waals surface area contributed by atoms with Crippen molar-refractivity contribution in [3.8, 4) is 0 Å². The zero-order valence-electron chi connectivity index (χ0n) is 9.96. The Bertz CT molecular complexity index is 526. The largest absolute Gasteiger partial charge is 0.465 e. The molecule has 98 valence electrons. The molecule has 0 N–H and O–H groups in total. The van der Waals surface area contributed by atoms with Crippen LogP contribution in [0.2, 0.25) is 0 Å². The maximum absolute atomic E-state index is 12.2. The summed E-state index contributed by atoms with van der Waals surface area (Å²) in [6.45, 7) is 0.714. The molecule has 0 saturated carbocycles. The van der Waals surface area contributed by atoms with E-state index in [-0.39, 0.29) is 11.5 Å². The Morgan fingerprint density at radius 2 is 2.00 bits per heavy atom. The lowest BCUT2D eigenvalue weighted by Gasteiger charge is -2.10. The molecule has 1 unspecified atom stereocenters. The average molecular weight is 270 g/mol. The van der Waals surface area contributed by atoms with Gasteiger partial charge in [0.15, 0.2) is 9.84 Å². The van der Waals surface area contributed by atoms with Gasteiger partial charge in [-0.3, -0.25) is 0 Å². The summed E-state index contributed by atoms with van der Waals surface area (Å²) in [4.78, 5) is 11.5. The van der Waals surface area contributed by atoms with Crippen LogP contribution in [0, 0.1) is 0 Å². The van der Waals surface area contributed by atoms with Crippen molar-refractivity contribution < 1.29 is 22.7 Å². The third-order valence-corrected chi connectivity index (χ3v) is 5.11. The summed E-state index contributed by atoms with van der Waals surface area (Å²) in [6.07, 6.45) is 0.515. The van der Waals surface area contributed by atoms with Crippen molar-refractivity contribution in [1.29, 1.82) is 0 Å². The van der Waals surface area contributed by atoms with Gasteiger partial charge in [-0.2, -0.15) is 0 Å². The highest BCUT2D eigenvalue weighted by Crippen LogP contribution is 2.22. The van der Waals surface area contributed by atoms with E-state index in [1.807, 2.05) is 0 Å². The third-order valence-electron chi connectivity index (χ3n) is 2.93. The normalized spacial score (nSPS) is 19.7. The van der Waals surface area contributed by atoms with Crippen molar-refractivity contribution in [2.45, 2.75) is 16.6 Å². The van der Waals surface area contributed by atoms with Crippen LogP contribution in [0.25, 0.3) is 0 Å². The number of rotatable bonds is 3. The summed E-state index contributed by atoms with van der Waals surface area (Å²) >= 11 is 0. The fraction of sp³-hybridized carbons (Fsp3) is 0.417. The zero-order valence-corrected chi connectivity index (χ0v) is 10.8. The van der Waals surface area contributed by atoms with E-state index >= 15 is 0 Å². The molecule has 0 aliphatic carbocycles. The molecule has 2 rings (SSSR count). The predicted octanol–water partition coefficient (Wildman–Crippen LogP) is 1.04. The number of methoxy groups -OCH3 is 1. The van der Waals surface area contributed by atoms with E-state index in [2.05, 4.69) is 4.74 Å². The number of benzene rings is 1. The molecular weight excluding hydrogens is 256 g/mol. The topological polar surface area (TPSA) is 69.7 Å². The Kier molecular flexibility index (Phi) is 3.68. The monoisotopic (exact) mass is 270 g/mol. The summed E-state index contributed by atoms with van der Waals surface area (Å²) in [6, 6.07) is 5.77. The number of carbonyl (C=O) groups excluding carboxylic acids is 1. The van der Waals surface area contributed by atoms with Crippen molar-refractivity contribution in [3.05, 3.63) is 29.8 Å². The van der Waals surface area contributed by atoms with Crippen LogP contribution in [0.4, 0.5) is 0 Å². The minimum Gasteiger partial charge on any atom is -0.465 e. The second-order valence-electron chi connectivity index (χ2n) is 4.05. The van der Waals surface area contributed by atoms with Crippen LogP contribution < -0.4 is 0 Å². The van der Waals surface area contributed by atoms with Gasteiger partial charge in [-0.25, -0.2) is 13.2 Å². The number of carbonyl (C=O) groups is 1. The van der Waals surface area contributed by atoms with E-state index in [9.17, 15) is 13.2 Å². The highest BCUT2D eigenvalue weighted by atomic mass is 32.2. The Morgan fingerprint density at radius 3 is 2.50 bits per heavy atom. The molecule has 1 atom stereocenters. The van der Waals surface area contributed by atoms with Crippen molar-refractivity contribution >= 4 is 15.8 Å². The molecule has 0 aromatic heterocycles. The van der Waals surface area contributed by atoms with Crippen LogP contribution in [0.1, 0.15) is 16.8 Å². The molecule has 0 spiro atoms. The van der Waals surface area contributed by atoms with Crippen LogP contribution in [-0.4, -0.2) is 40.0 Å². The third kappa shape index (κ3) is 2.39. The van der Waals surface area contributed by atoms with Gasteiger partial charge >= 0.3 is 5.97 Å². The zero-order chi connectivity index (χ0) is 13.2. The Labute approximate surface area is 106 Å². The van der Waals surface area contributed by atoms with Gasteiger partial charge in [0, 0.05) is 6.61 Å². The molecule has 1 aromatic rings. The lowest BCUT2D eigenvalue weighted by molar-refractivity contribution is 0.0600. The van der Waals surface area contributed by atoms with E-state index in [0.29, 0.717) is 18.6 Å². The Hall–Kier alpha value is -1.40.